The van der Waals surface area contributed by atoms with Crippen molar-refractivity contribution in [3.8, 4) is 11.3 Å². The normalized spacial score (nSPS) is 14.2. The van der Waals surface area contributed by atoms with Gasteiger partial charge in [-0.25, -0.2) is 4.98 Å². The van der Waals surface area contributed by atoms with E-state index in [4.69, 9.17) is 5.73 Å². The number of carbonyl (C=O) groups is 3. The SMILES string of the molecule is Cc1nc(-c2ccc(CC(=O)Nc3ccccc3C(=O)N3CCC(C(N)=O)CC3)cc2)cs1. The third kappa shape index (κ3) is 5.46. The van der Waals surface area contributed by atoms with E-state index in [1.54, 1.807) is 40.5 Å². The lowest BCUT2D eigenvalue weighted by molar-refractivity contribution is -0.123. The number of carbonyl (C=O) groups excluding carboxylic acids is 3. The van der Waals surface area contributed by atoms with Gasteiger partial charge in [-0.3, -0.25) is 14.4 Å². The first-order valence-corrected chi connectivity index (χ1v) is 11.8. The van der Waals surface area contributed by atoms with Gasteiger partial charge in [0, 0.05) is 30.0 Å². The Labute approximate surface area is 196 Å². The molecule has 0 bridgehead atoms. The summed E-state index contributed by atoms with van der Waals surface area (Å²) in [5, 5.41) is 5.91. The van der Waals surface area contributed by atoms with Crippen molar-refractivity contribution in [3.05, 3.63) is 70.0 Å². The Balaban J connectivity index is 1.40. The molecule has 0 aliphatic carbocycles. The number of rotatable bonds is 6. The van der Waals surface area contributed by atoms with E-state index in [-0.39, 0.29) is 30.1 Å². The number of nitrogens with one attached hydrogen (secondary N) is 1. The van der Waals surface area contributed by atoms with Crippen LogP contribution in [0.2, 0.25) is 0 Å². The number of aryl methyl sites for hydroxylation is 1. The summed E-state index contributed by atoms with van der Waals surface area (Å²) in [6, 6.07) is 14.8. The first-order chi connectivity index (χ1) is 15.9. The van der Waals surface area contributed by atoms with Crippen LogP contribution in [0.1, 0.15) is 33.8 Å². The highest BCUT2D eigenvalue weighted by molar-refractivity contribution is 7.09. The monoisotopic (exact) mass is 462 g/mol. The van der Waals surface area contributed by atoms with Crippen LogP contribution in [0.25, 0.3) is 11.3 Å². The number of thiazole rings is 1. The number of nitrogens with two attached hydrogens (primary N) is 1. The zero-order chi connectivity index (χ0) is 23.4. The smallest absolute Gasteiger partial charge is 0.255 e. The van der Waals surface area contributed by atoms with Gasteiger partial charge in [0.15, 0.2) is 0 Å². The van der Waals surface area contributed by atoms with Crippen molar-refractivity contribution in [2.45, 2.75) is 26.2 Å². The fourth-order valence-electron chi connectivity index (χ4n) is 3.99. The lowest BCUT2D eigenvalue weighted by Gasteiger charge is -2.31. The van der Waals surface area contributed by atoms with Crippen molar-refractivity contribution in [1.82, 2.24) is 9.88 Å². The first kappa shape index (κ1) is 22.7. The van der Waals surface area contributed by atoms with Gasteiger partial charge in [-0.15, -0.1) is 11.3 Å². The van der Waals surface area contributed by atoms with E-state index in [1.165, 1.54) is 0 Å². The third-order valence-electron chi connectivity index (χ3n) is 5.85. The Morgan fingerprint density at radius 3 is 2.42 bits per heavy atom. The molecule has 1 aliphatic heterocycles. The molecule has 3 amide bonds. The molecule has 1 saturated heterocycles. The van der Waals surface area contributed by atoms with Crippen molar-refractivity contribution in [2.24, 2.45) is 11.7 Å². The molecule has 1 aromatic heterocycles. The minimum absolute atomic E-state index is 0.156. The number of hydrogen-bond acceptors (Lipinski definition) is 5. The Hall–Kier alpha value is -3.52. The van der Waals surface area contributed by atoms with Gasteiger partial charge in [0.25, 0.3) is 5.91 Å². The van der Waals surface area contributed by atoms with Crippen LogP contribution >= 0.6 is 11.3 Å². The summed E-state index contributed by atoms with van der Waals surface area (Å²) < 4.78 is 0. The second kappa shape index (κ2) is 9.95. The van der Waals surface area contributed by atoms with Crippen LogP contribution in [0.3, 0.4) is 0 Å². The minimum Gasteiger partial charge on any atom is -0.369 e. The van der Waals surface area contributed by atoms with Gasteiger partial charge in [0.05, 0.1) is 28.4 Å². The topological polar surface area (TPSA) is 105 Å². The van der Waals surface area contributed by atoms with Gasteiger partial charge in [-0.1, -0.05) is 36.4 Å². The summed E-state index contributed by atoms with van der Waals surface area (Å²) >= 11 is 1.60. The maximum atomic E-state index is 13.1. The molecule has 7 nitrogen and oxygen atoms in total. The molecule has 0 saturated carbocycles. The van der Waals surface area contributed by atoms with Crippen LogP contribution in [-0.2, 0) is 16.0 Å². The summed E-state index contributed by atoms with van der Waals surface area (Å²) in [5.74, 6) is -0.851. The third-order valence-corrected chi connectivity index (χ3v) is 6.62. The molecule has 8 heteroatoms. The number of para-hydroxylation sites is 1. The average molecular weight is 463 g/mol. The Morgan fingerprint density at radius 2 is 1.79 bits per heavy atom. The summed E-state index contributed by atoms with van der Waals surface area (Å²) in [6.07, 6.45) is 1.32. The molecular formula is C25H26N4O3S. The van der Waals surface area contributed by atoms with Crippen molar-refractivity contribution in [2.75, 3.05) is 18.4 Å². The summed E-state index contributed by atoms with van der Waals surface area (Å²) in [7, 11) is 0. The first-order valence-electron chi connectivity index (χ1n) is 10.9. The number of benzene rings is 2. The van der Waals surface area contributed by atoms with E-state index in [0.717, 1.165) is 21.8 Å². The molecule has 3 N–H and O–H groups in total. The van der Waals surface area contributed by atoms with Gasteiger partial charge < -0.3 is 16.0 Å². The number of primary amides is 1. The van der Waals surface area contributed by atoms with E-state index in [2.05, 4.69) is 10.3 Å². The van der Waals surface area contributed by atoms with Crippen molar-refractivity contribution >= 4 is 34.7 Å². The molecule has 4 rings (SSSR count). The van der Waals surface area contributed by atoms with Crippen LogP contribution in [0.4, 0.5) is 5.69 Å². The second-order valence-electron chi connectivity index (χ2n) is 8.19. The Bertz CT molecular complexity index is 1160. The van der Waals surface area contributed by atoms with Gasteiger partial charge in [-0.2, -0.15) is 0 Å². The predicted molar refractivity (Wildman–Crippen MR) is 129 cm³/mol. The van der Waals surface area contributed by atoms with Gasteiger partial charge >= 0.3 is 0 Å². The molecule has 0 atom stereocenters. The predicted octanol–water partition coefficient (Wildman–Crippen LogP) is 3.64. The van der Waals surface area contributed by atoms with Gasteiger partial charge in [0.1, 0.15) is 0 Å². The lowest BCUT2D eigenvalue weighted by atomic mass is 9.95. The lowest BCUT2D eigenvalue weighted by Crippen LogP contribution is -2.42. The molecule has 1 aliphatic rings. The minimum atomic E-state index is -0.315. The van der Waals surface area contributed by atoms with Crippen molar-refractivity contribution < 1.29 is 14.4 Å². The fourth-order valence-corrected chi connectivity index (χ4v) is 4.61. The van der Waals surface area contributed by atoms with Gasteiger partial charge in [0.2, 0.25) is 11.8 Å². The largest absolute Gasteiger partial charge is 0.369 e. The van der Waals surface area contributed by atoms with Crippen LogP contribution in [-0.4, -0.2) is 40.7 Å². The zero-order valence-electron chi connectivity index (χ0n) is 18.4. The zero-order valence-corrected chi connectivity index (χ0v) is 19.2. The summed E-state index contributed by atoms with van der Waals surface area (Å²) in [5.41, 5.74) is 9.14. The maximum Gasteiger partial charge on any atom is 0.255 e. The maximum absolute atomic E-state index is 13.1. The van der Waals surface area contributed by atoms with Crippen LogP contribution in [0.15, 0.2) is 53.9 Å². The number of amides is 3. The molecule has 2 heterocycles. The Morgan fingerprint density at radius 1 is 1.09 bits per heavy atom. The van der Waals surface area contributed by atoms with Crippen LogP contribution in [0.5, 0.6) is 0 Å². The average Bonchev–Trinajstić information content (AvgIpc) is 3.25. The van der Waals surface area contributed by atoms with E-state index in [9.17, 15) is 14.4 Å². The number of hydrogen-bond donors (Lipinski definition) is 2. The van der Waals surface area contributed by atoms with E-state index in [1.807, 2.05) is 36.6 Å². The highest BCUT2D eigenvalue weighted by Crippen LogP contribution is 2.24. The number of nitrogens with zero attached hydrogens (tertiary/aromatic N) is 2. The number of anilines is 1. The number of piperidine rings is 1. The standard InChI is InChI=1S/C25H26N4O3S/c1-16-27-22(15-33-16)18-8-6-17(7-9-18)14-23(30)28-21-5-3-2-4-20(21)25(32)29-12-10-19(11-13-29)24(26)31/h2-9,15,19H,10-14H2,1H3,(H2,26,31)(H,28,30). The quantitative estimate of drug-likeness (QED) is 0.583. The Kier molecular flexibility index (Phi) is 6.84. The number of likely N-dealkylation sites (tertiary alicyclic amines) is 1. The molecule has 0 unspecified atom stereocenters. The molecular weight excluding hydrogens is 436 g/mol. The molecule has 2 aromatic carbocycles. The van der Waals surface area contributed by atoms with Crippen molar-refractivity contribution in [1.29, 1.82) is 0 Å². The highest BCUT2D eigenvalue weighted by atomic mass is 32.1. The van der Waals surface area contributed by atoms with Crippen molar-refractivity contribution in [3.63, 3.8) is 0 Å². The molecule has 1 fully saturated rings. The molecule has 0 radical (unpaired) electrons. The molecule has 170 valence electrons. The van der Waals surface area contributed by atoms with Crippen LogP contribution < -0.4 is 11.1 Å². The van der Waals surface area contributed by atoms with Gasteiger partial charge in [-0.05, 0) is 37.5 Å². The number of aromatic nitrogens is 1. The summed E-state index contributed by atoms with van der Waals surface area (Å²) in [6.45, 7) is 2.91. The second-order valence-corrected chi connectivity index (χ2v) is 9.25. The molecule has 3 aromatic rings. The fraction of sp³-hybridized carbons (Fsp3) is 0.280. The van der Waals surface area contributed by atoms with E-state index < -0.39 is 0 Å². The summed E-state index contributed by atoms with van der Waals surface area (Å²) in [4.78, 5) is 43.4. The van der Waals surface area contributed by atoms with Crippen LogP contribution in [0, 0.1) is 12.8 Å². The highest BCUT2D eigenvalue weighted by Gasteiger charge is 2.27. The molecule has 33 heavy (non-hydrogen) atoms. The van der Waals surface area contributed by atoms with E-state index >= 15 is 0 Å². The molecule has 0 spiro atoms. The van der Waals surface area contributed by atoms with E-state index in [0.29, 0.717) is 37.2 Å².